The molecule has 1 atom stereocenters. The van der Waals surface area contributed by atoms with Gasteiger partial charge in [0.2, 0.25) is 0 Å². The Morgan fingerprint density at radius 3 is 3.08 bits per heavy atom. The van der Waals surface area contributed by atoms with Crippen LogP contribution in [0, 0.1) is 5.92 Å². The van der Waals surface area contributed by atoms with Crippen LogP contribution in [0.15, 0.2) is 18.6 Å². The van der Waals surface area contributed by atoms with E-state index in [4.69, 9.17) is 0 Å². The maximum Gasteiger partial charge on any atom is 0.115 e. The van der Waals surface area contributed by atoms with Crippen molar-refractivity contribution in [2.75, 3.05) is 0 Å². The lowest BCUT2D eigenvalue weighted by Gasteiger charge is -2.11. The van der Waals surface area contributed by atoms with Crippen molar-refractivity contribution in [2.24, 2.45) is 5.92 Å². The molecule has 13 heavy (non-hydrogen) atoms. The lowest BCUT2D eigenvalue weighted by atomic mass is 10.2. The van der Waals surface area contributed by atoms with Crippen molar-refractivity contribution < 1.29 is 0 Å². The van der Waals surface area contributed by atoms with Crippen LogP contribution in [0.1, 0.15) is 25.5 Å². The standard InChI is InChI=1S/C10H15N3/c1-8(9-2-3-9)12-6-10-4-5-11-7-13-10/h4-5,7-9,12H,2-3,6H2,1H3. The first-order valence-electron chi connectivity index (χ1n) is 4.84. The van der Waals surface area contributed by atoms with Crippen molar-refractivity contribution in [1.82, 2.24) is 15.3 Å². The minimum atomic E-state index is 0.634. The number of hydrogen-bond donors (Lipinski definition) is 1. The summed E-state index contributed by atoms with van der Waals surface area (Å²) in [5.41, 5.74) is 1.07. The Morgan fingerprint density at radius 1 is 1.62 bits per heavy atom. The second kappa shape index (κ2) is 3.83. The van der Waals surface area contributed by atoms with E-state index in [0.717, 1.165) is 18.2 Å². The van der Waals surface area contributed by atoms with Gasteiger partial charge < -0.3 is 5.32 Å². The molecule has 1 aromatic heterocycles. The Labute approximate surface area is 78.6 Å². The lowest BCUT2D eigenvalue weighted by molar-refractivity contribution is 0.492. The maximum atomic E-state index is 4.16. The summed E-state index contributed by atoms with van der Waals surface area (Å²) in [6.07, 6.45) is 6.15. The molecular formula is C10H15N3. The third-order valence-corrected chi connectivity index (χ3v) is 2.58. The van der Waals surface area contributed by atoms with Gasteiger partial charge in [0, 0.05) is 18.8 Å². The van der Waals surface area contributed by atoms with Crippen LogP contribution < -0.4 is 5.32 Å². The third kappa shape index (κ3) is 2.49. The fourth-order valence-corrected chi connectivity index (χ4v) is 1.45. The SMILES string of the molecule is CC(NCc1ccncn1)C1CC1. The van der Waals surface area contributed by atoms with Gasteiger partial charge in [-0.1, -0.05) is 0 Å². The first-order chi connectivity index (χ1) is 6.36. The molecule has 70 valence electrons. The summed E-state index contributed by atoms with van der Waals surface area (Å²) in [6, 6.07) is 2.59. The number of rotatable bonds is 4. The molecule has 1 saturated carbocycles. The minimum absolute atomic E-state index is 0.634. The predicted molar refractivity (Wildman–Crippen MR) is 51.1 cm³/mol. The molecule has 2 rings (SSSR count). The molecule has 1 fully saturated rings. The number of hydrogen-bond acceptors (Lipinski definition) is 3. The van der Waals surface area contributed by atoms with Crippen LogP contribution in [-0.4, -0.2) is 16.0 Å². The van der Waals surface area contributed by atoms with Gasteiger partial charge in [-0.05, 0) is 31.7 Å². The number of nitrogens with one attached hydrogen (secondary N) is 1. The van der Waals surface area contributed by atoms with Gasteiger partial charge in [0.25, 0.3) is 0 Å². The zero-order chi connectivity index (χ0) is 9.10. The minimum Gasteiger partial charge on any atom is -0.308 e. The van der Waals surface area contributed by atoms with Gasteiger partial charge in [-0.3, -0.25) is 0 Å². The molecule has 1 N–H and O–H groups in total. The summed E-state index contributed by atoms with van der Waals surface area (Å²) in [5, 5.41) is 3.47. The first kappa shape index (κ1) is 8.63. The molecule has 0 bridgehead atoms. The summed E-state index contributed by atoms with van der Waals surface area (Å²) < 4.78 is 0. The van der Waals surface area contributed by atoms with E-state index < -0.39 is 0 Å². The zero-order valence-corrected chi connectivity index (χ0v) is 7.90. The van der Waals surface area contributed by atoms with E-state index in [1.807, 2.05) is 6.07 Å². The van der Waals surface area contributed by atoms with E-state index in [1.54, 1.807) is 12.5 Å². The molecule has 0 amide bonds. The summed E-state index contributed by atoms with van der Waals surface area (Å²) >= 11 is 0. The van der Waals surface area contributed by atoms with Gasteiger partial charge in [0.1, 0.15) is 6.33 Å². The average Bonchev–Trinajstić information content (AvgIpc) is 2.99. The van der Waals surface area contributed by atoms with Gasteiger partial charge in [-0.2, -0.15) is 0 Å². The summed E-state index contributed by atoms with van der Waals surface area (Å²) in [5.74, 6) is 0.904. The van der Waals surface area contributed by atoms with Crippen LogP contribution in [0.5, 0.6) is 0 Å². The van der Waals surface area contributed by atoms with E-state index in [9.17, 15) is 0 Å². The lowest BCUT2D eigenvalue weighted by Crippen LogP contribution is -2.27. The molecule has 1 unspecified atom stereocenters. The van der Waals surface area contributed by atoms with Crippen LogP contribution in [0.2, 0.25) is 0 Å². The second-order valence-electron chi connectivity index (χ2n) is 3.71. The molecule has 0 spiro atoms. The van der Waals surface area contributed by atoms with Gasteiger partial charge in [0.05, 0.1) is 5.69 Å². The van der Waals surface area contributed by atoms with Crippen molar-refractivity contribution in [3.05, 3.63) is 24.3 Å². The largest absolute Gasteiger partial charge is 0.308 e. The number of nitrogens with zero attached hydrogens (tertiary/aromatic N) is 2. The predicted octanol–water partition coefficient (Wildman–Crippen LogP) is 1.36. The van der Waals surface area contributed by atoms with E-state index in [-0.39, 0.29) is 0 Å². The van der Waals surface area contributed by atoms with Gasteiger partial charge in [0.15, 0.2) is 0 Å². The molecule has 0 aliphatic heterocycles. The van der Waals surface area contributed by atoms with Crippen LogP contribution in [0.4, 0.5) is 0 Å². The van der Waals surface area contributed by atoms with Crippen molar-refractivity contribution in [3.63, 3.8) is 0 Å². The highest BCUT2D eigenvalue weighted by molar-refractivity contribution is 4.98. The molecule has 0 saturated heterocycles. The highest BCUT2D eigenvalue weighted by Crippen LogP contribution is 2.32. The van der Waals surface area contributed by atoms with Gasteiger partial charge in [-0.25, -0.2) is 9.97 Å². The maximum absolute atomic E-state index is 4.16. The van der Waals surface area contributed by atoms with Gasteiger partial charge >= 0.3 is 0 Å². The van der Waals surface area contributed by atoms with Crippen LogP contribution >= 0.6 is 0 Å². The Hall–Kier alpha value is -0.960. The smallest absolute Gasteiger partial charge is 0.115 e. The molecular weight excluding hydrogens is 162 g/mol. The summed E-state index contributed by atoms with van der Waals surface area (Å²) in [4.78, 5) is 8.04. The van der Waals surface area contributed by atoms with E-state index >= 15 is 0 Å². The number of aromatic nitrogens is 2. The second-order valence-corrected chi connectivity index (χ2v) is 3.71. The fourth-order valence-electron chi connectivity index (χ4n) is 1.45. The Kier molecular flexibility index (Phi) is 2.54. The fraction of sp³-hybridized carbons (Fsp3) is 0.600. The molecule has 3 heteroatoms. The molecule has 0 radical (unpaired) electrons. The Balaban J connectivity index is 1.78. The molecule has 3 nitrogen and oxygen atoms in total. The highest BCUT2D eigenvalue weighted by Gasteiger charge is 2.27. The molecule has 0 aromatic carbocycles. The Bertz CT molecular complexity index is 256. The summed E-state index contributed by atoms with van der Waals surface area (Å²) in [6.45, 7) is 3.11. The van der Waals surface area contributed by atoms with Crippen molar-refractivity contribution in [3.8, 4) is 0 Å². The monoisotopic (exact) mass is 177 g/mol. The topological polar surface area (TPSA) is 37.8 Å². The van der Waals surface area contributed by atoms with E-state index in [0.29, 0.717) is 6.04 Å². The summed E-state index contributed by atoms with van der Waals surface area (Å²) in [7, 11) is 0. The van der Waals surface area contributed by atoms with Gasteiger partial charge in [-0.15, -0.1) is 0 Å². The van der Waals surface area contributed by atoms with Crippen molar-refractivity contribution >= 4 is 0 Å². The Morgan fingerprint density at radius 2 is 2.46 bits per heavy atom. The normalized spacial score (nSPS) is 18.5. The molecule has 1 aliphatic rings. The molecule has 1 heterocycles. The quantitative estimate of drug-likeness (QED) is 0.754. The van der Waals surface area contributed by atoms with Crippen LogP contribution in [-0.2, 0) is 6.54 Å². The van der Waals surface area contributed by atoms with Crippen molar-refractivity contribution in [2.45, 2.75) is 32.4 Å². The zero-order valence-electron chi connectivity index (χ0n) is 7.90. The first-order valence-corrected chi connectivity index (χ1v) is 4.84. The van der Waals surface area contributed by atoms with Crippen molar-refractivity contribution in [1.29, 1.82) is 0 Å². The van der Waals surface area contributed by atoms with Crippen LogP contribution in [0.3, 0.4) is 0 Å². The van der Waals surface area contributed by atoms with E-state index in [2.05, 4.69) is 22.2 Å². The van der Waals surface area contributed by atoms with Crippen LogP contribution in [0.25, 0.3) is 0 Å². The van der Waals surface area contributed by atoms with E-state index in [1.165, 1.54) is 12.8 Å². The highest BCUT2D eigenvalue weighted by atomic mass is 14.9. The third-order valence-electron chi connectivity index (χ3n) is 2.58. The molecule has 1 aliphatic carbocycles. The molecule has 1 aromatic rings. The average molecular weight is 177 g/mol.